The van der Waals surface area contributed by atoms with Crippen molar-refractivity contribution < 1.29 is 19.4 Å². The summed E-state index contributed by atoms with van der Waals surface area (Å²) in [7, 11) is 0. The topological polar surface area (TPSA) is 63.6 Å². The van der Waals surface area contributed by atoms with E-state index in [9.17, 15) is 9.59 Å². The zero-order valence-corrected chi connectivity index (χ0v) is 32.6. The average molecular weight is 677 g/mol. The molecule has 4 nitrogen and oxygen atoms in total. The molecule has 0 rings (SSSR count). The Labute approximate surface area is 300 Å². The predicted molar refractivity (Wildman–Crippen MR) is 209 cm³/mol. The second-order valence-electron chi connectivity index (χ2n) is 14.9. The van der Waals surface area contributed by atoms with Crippen molar-refractivity contribution in [3.8, 4) is 0 Å². The average Bonchev–Trinajstić information content (AvgIpc) is 3.07. The molecule has 0 saturated carbocycles. The molecule has 0 spiro atoms. The number of carbonyl (C=O) groups is 2. The molecule has 0 radical (unpaired) electrons. The summed E-state index contributed by atoms with van der Waals surface area (Å²) < 4.78 is 5.88. The molecule has 284 valence electrons. The fourth-order valence-corrected chi connectivity index (χ4v) is 6.74. The standard InChI is InChI=1S/C44H84O4/c1-3-5-7-9-11-13-14-15-16-17-18-19-20-21-22-23-24-25-26-27-29-31-37-41-44(47)48-42(39-35-32-33-36-40-43(45)46)38-34-30-28-12-10-8-6-4-2/h34,38,42H,3-33,35-37,39-41H2,1-2H3,(H,45,46)/b38-34-. The van der Waals surface area contributed by atoms with Crippen LogP contribution in [0.1, 0.15) is 251 Å². The maximum Gasteiger partial charge on any atom is 0.306 e. The lowest BCUT2D eigenvalue weighted by Crippen LogP contribution is -2.16. The van der Waals surface area contributed by atoms with E-state index in [0.717, 1.165) is 51.4 Å². The Hall–Kier alpha value is -1.32. The maximum absolute atomic E-state index is 12.6. The minimum absolute atomic E-state index is 0.0569. The lowest BCUT2D eigenvalue weighted by atomic mass is 10.0. The van der Waals surface area contributed by atoms with Crippen molar-refractivity contribution in [1.29, 1.82) is 0 Å². The summed E-state index contributed by atoms with van der Waals surface area (Å²) in [6, 6.07) is 0. The molecule has 1 atom stereocenters. The van der Waals surface area contributed by atoms with Gasteiger partial charge in [0.2, 0.25) is 0 Å². The normalized spacial score (nSPS) is 12.2. The van der Waals surface area contributed by atoms with Crippen LogP contribution in [-0.4, -0.2) is 23.1 Å². The molecule has 48 heavy (non-hydrogen) atoms. The molecule has 0 aliphatic heterocycles. The van der Waals surface area contributed by atoms with Gasteiger partial charge in [-0.05, 0) is 44.6 Å². The highest BCUT2D eigenvalue weighted by atomic mass is 16.5. The monoisotopic (exact) mass is 677 g/mol. The minimum atomic E-state index is -0.718. The Balaban J connectivity index is 3.74. The van der Waals surface area contributed by atoms with Crippen molar-refractivity contribution in [2.75, 3.05) is 0 Å². The van der Waals surface area contributed by atoms with Crippen molar-refractivity contribution in [3.05, 3.63) is 12.2 Å². The van der Waals surface area contributed by atoms with Gasteiger partial charge in [-0.25, -0.2) is 0 Å². The van der Waals surface area contributed by atoms with Gasteiger partial charge < -0.3 is 9.84 Å². The SMILES string of the molecule is CCCCCCCC/C=C\C(CCCCCCC(=O)O)OC(=O)CCCCCCCCCCCCCCCCCCCCCCCCC. The van der Waals surface area contributed by atoms with Gasteiger partial charge in [0.15, 0.2) is 0 Å². The second-order valence-corrected chi connectivity index (χ2v) is 14.9. The summed E-state index contributed by atoms with van der Waals surface area (Å²) in [4.78, 5) is 23.3. The molecular weight excluding hydrogens is 592 g/mol. The third kappa shape index (κ3) is 39.1. The summed E-state index contributed by atoms with van der Waals surface area (Å²) in [5, 5.41) is 8.83. The number of rotatable bonds is 40. The molecule has 0 aliphatic carbocycles. The van der Waals surface area contributed by atoms with E-state index < -0.39 is 5.97 Å². The predicted octanol–water partition coefficient (Wildman–Crippen LogP) is 15.0. The smallest absolute Gasteiger partial charge is 0.306 e. The largest absolute Gasteiger partial charge is 0.481 e. The number of ether oxygens (including phenoxy) is 1. The number of carboxylic acid groups (broad SMARTS) is 1. The van der Waals surface area contributed by atoms with Crippen molar-refractivity contribution >= 4 is 11.9 Å². The molecule has 0 aliphatic rings. The molecule has 1 N–H and O–H groups in total. The van der Waals surface area contributed by atoms with Crippen molar-refractivity contribution in [2.24, 2.45) is 0 Å². The Kier molecular flexibility index (Phi) is 39.0. The first-order valence-electron chi connectivity index (χ1n) is 21.7. The minimum Gasteiger partial charge on any atom is -0.481 e. The molecule has 0 aromatic rings. The molecule has 1 unspecified atom stereocenters. The van der Waals surface area contributed by atoms with Crippen LogP contribution in [0.3, 0.4) is 0 Å². The van der Waals surface area contributed by atoms with Crippen LogP contribution in [0, 0.1) is 0 Å². The van der Waals surface area contributed by atoms with Crippen LogP contribution in [0.2, 0.25) is 0 Å². The summed E-state index contributed by atoms with van der Waals surface area (Å²) in [6.45, 7) is 4.54. The number of hydrogen-bond donors (Lipinski definition) is 1. The van der Waals surface area contributed by atoms with Gasteiger partial charge in [-0.1, -0.05) is 206 Å². The van der Waals surface area contributed by atoms with E-state index >= 15 is 0 Å². The van der Waals surface area contributed by atoms with E-state index in [-0.39, 0.29) is 18.5 Å². The van der Waals surface area contributed by atoms with Gasteiger partial charge in [-0.2, -0.15) is 0 Å². The molecule has 0 amide bonds. The molecule has 0 aromatic carbocycles. The van der Waals surface area contributed by atoms with Gasteiger partial charge >= 0.3 is 11.9 Å². The van der Waals surface area contributed by atoms with Crippen LogP contribution in [-0.2, 0) is 14.3 Å². The van der Waals surface area contributed by atoms with Gasteiger partial charge in [0.25, 0.3) is 0 Å². The third-order valence-electron chi connectivity index (χ3n) is 9.97. The summed E-state index contributed by atoms with van der Waals surface area (Å²) >= 11 is 0. The van der Waals surface area contributed by atoms with Gasteiger partial charge in [0.1, 0.15) is 6.10 Å². The van der Waals surface area contributed by atoms with Crippen LogP contribution >= 0.6 is 0 Å². The highest BCUT2D eigenvalue weighted by molar-refractivity contribution is 5.69. The maximum atomic E-state index is 12.6. The molecule has 0 aromatic heterocycles. The highest BCUT2D eigenvalue weighted by Crippen LogP contribution is 2.17. The molecule has 0 fully saturated rings. The first-order valence-corrected chi connectivity index (χ1v) is 21.7. The zero-order chi connectivity index (χ0) is 35.0. The number of aliphatic carboxylic acids is 1. The van der Waals surface area contributed by atoms with E-state index in [0.29, 0.717) is 6.42 Å². The summed E-state index contributed by atoms with van der Waals surface area (Å²) in [6.07, 6.45) is 49.9. The van der Waals surface area contributed by atoms with E-state index in [1.54, 1.807) is 0 Å². The number of esters is 1. The lowest BCUT2D eigenvalue weighted by molar-refractivity contribution is -0.147. The Morgan fingerprint density at radius 3 is 1.19 bits per heavy atom. The lowest BCUT2D eigenvalue weighted by Gasteiger charge is -2.15. The molecule has 4 heteroatoms. The van der Waals surface area contributed by atoms with Crippen LogP contribution in [0.5, 0.6) is 0 Å². The summed E-state index contributed by atoms with van der Waals surface area (Å²) in [5.74, 6) is -0.774. The van der Waals surface area contributed by atoms with Crippen LogP contribution in [0.15, 0.2) is 12.2 Å². The van der Waals surface area contributed by atoms with Crippen LogP contribution in [0.25, 0.3) is 0 Å². The van der Waals surface area contributed by atoms with Gasteiger partial charge in [0, 0.05) is 12.8 Å². The van der Waals surface area contributed by atoms with E-state index in [1.165, 1.54) is 173 Å². The molecular formula is C44H84O4. The number of unbranched alkanes of at least 4 members (excludes halogenated alkanes) is 31. The van der Waals surface area contributed by atoms with Crippen molar-refractivity contribution in [1.82, 2.24) is 0 Å². The second kappa shape index (κ2) is 40.1. The fraction of sp³-hybridized carbons (Fsp3) is 0.909. The van der Waals surface area contributed by atoms with E-state index in [2.05, 4.69) is 26.0 Å². The molecule has 0 bridgehead atoms. The molecule has 0 heterocycles. The Morgan fingerprint density at radius 1 is 0.458 bits per heavy atom. The zero-order valence-electron chi connectivity index (χ0n) is 32.6. The first kappa shape index (κ1) is 46.7. The van der Waals surface area contributed by atoms with Crippen molar-refractivity contribution in [3.63, 3.8) is 0 Å². The number of carboxylic acids is 1. The van der Waals surface area contributed by atoms with Crippen LogP contribution < -0.4 is 0 Å². The van der Waals surface area contributed by atoms with Crippen molar-refractivity contribution in [2.45, 2.75) is 258 Å². The number of allylic oxidation sites excluding steroid dienone is 1. The number of carbonyl (C=O) groups excluding carboxylic acids is 1. The first-order chi connectivity index (χ1) is 23.6. The van der Waals surface area contributed by atoms with Gasteiger partial charge in [0.05, 0.1) is 0 Å². The Morgan fingerprint density at radius 2 is 0.792 bits per heavy atom. The third-order valence-corrected chi connectivity index (χ3v) is 9.97. The number of hydrogen-bond acceptors (Lipinski definition) is 3. The van der Waals surface area contributed by atoms with E-state index in [4.69, 9.17) is 9.84 Å². The highest BCUT2D eigenvalue weighted by Gasteiger charge is 2.11. The van der Waals surface area contributed by atoms with Gasteiger partial charge in [-0.15, -0.1) is 0 Å². The van der Waals surface area contributed by atoms with Crippen LogP contribution in [0.4, 0.5) is 0 Å². The van der Waals surface area contributed by atoms with Gasteiger partial charge in [-0.3, -0.25) is 9.59 Å². The molecule has 0 saturated heterocycles. The fourth-order valence-electron chi connectivity index (χ4n) is 6.74. The summed E-state index contributed by atoms with van der Waals surface area (Å²) in [5.41, 5.74) is 0. The quantitative estimate of drug-likeness (QED) is 0.0398. The van der Waals surface area contributed by atoms with E-state index in [1.807, 2.05) is 0 Å². The Bertz CT molecular complexity index is 687.